The van der Waals surface area contributed by atoms with Gasteiger partial charge in [0, 0.05) is 62.9 Å². The van der Waals surface area contributed by atoms with Crippen molar-refractivity contribution < 1.29 is 18.7 Å². The Morgan fingerprint density at radius 1 is 1.15 bits per heavy atom. The summed E-state index contributed by atoms with van der Waals surface area (Å²) in [5.41, 5.74) is 15.6. The molecule has 210 valence electrons. The van der Waals surface area contributed by atoms with E-state index in [0.717, 1.165) is 48.2 Å². The fourth-order valence-corrected chi connectivity index (χ4v) is 5.66. The molecular weight excluding hydrogens is 506 g/mol. The Morgan fingerprint density at radius 3 is 2.70 bits per heavy atom. The summed E-state index contributed by atoms with van der Waals surface area (Å²) in [5.74, 6) is 1.17. The number of furan rings is 1. The number of rotatable bonds is 11. The molecule has 2 atom stereocenters. The number of primary amides is 1. The first kappa shape index (κ1) is 27.6. The van der Waals surface area contributed by atoms with E-state index in [1.807, 2.05) is 53.4 Å². The Kier molecular flexibility index (Phi) is 8.62. The van der Waals surface area contributed by atoms with Crippen LogP contribution in [-0.2, 0) is 22.5 Å². The van der Waals surface area contributed by atoms with Gasteiger partial charge >= 0.3 is 0 Å². The molecule has 40 heavy (non-hydrogen) atoms. The maximum atomic E-state index is 13.4. The number of nitrogens with two attached hydrogens (primary N) is 2. The second-order valence-electron chi connectivity index (χ2n) is 10.5. The van der Waals surface area contributed by atoms with Gasteiger partial charge in [-0.3, -0.25) is 9.59 Å². The molecule has 2 aromatic heterocycles. The van der Waals surface area contributed by atoms with E-state index in [1.54, 1.807) is 13.2 Å². The number of fused-ring (bicyclic) bond motifs is 1. The zero-order valence-corrected chi connectivity index (χ0v) is 22.9. The summed E-state index contributed by atoms with van der Waals surface area (Å²) >= 11 is 0. The Bertz CT molecular complexity index is 1460. The van der Waals surface area contributed by atoms with Crippen molar-refractivity contribution in [1.82, 2.24) is 14.5 Å². The van der Waals surface area contributed by atoms with Gasteiger partial charge in [-0.1, -0.05) is 42.5 Å². The van der Waals surface area contributed by atoms with Crippen molar-refractivity contribution in [3.05, 3.63) is 77.8 Å². The minimum Gasteiger partial charge on any atom is -0.451 e. The molecule has 0 spiro atoms. The minimum atomic E-state index is -0.650. The average molecular weight is 544 g/mol. The van der Waals surface area contributed by atoms with Crippen LogP contribution < -0.4 is 11.5 Å². The molecule has 1 fully saturated rings. The van der Waals surface area contributed by atoms with Gasteiger partial charge in [0.05, 0.1) is 11.0 Å². The maximum Gasteiger partial charge on any atom is 0.284 e. The van der Waals surface area contributed by atoms with Crippen LogP contribution in [0.4, 0.5) is 0 Å². The molecule has 0 bridgehead atoms. The zero-order chi connectivity index (χ0) is 28.1. The first-order chi connectivity index (χ1) is 19.4. The highest BCUT2D eigenvalue weighted by molar-refractivity contribution is 5.92. The summed E-state index contributed by atoms with van der Waals surface area (Å²) in [6.07, 6.45) is 3.25. The lowest BCUT2D eigenvalue weighted by molar-refractivity contribution is -0.132. The van der Waals surface area contributed by atoms with E-state index >= 15 is 0 Å². The molecule has 0 saturated carbocycles. The molecule has 1 aliphatic heterocycles. The Morgan fingerprint density at radius 2 is 1.93 bits per heavy atom. The summed E-state index contributed by atoms with van der Waals surface area (Å²) < 4.78 is 13.3. The monoisotopic (exact) mass is 543 g/mol. The van der Waals surface area contributed by atoms with Crippen molar-refractivity contribution in [3.8, 4) is 11.3 Å². The van der Waals surface area contributed by atoms with E-state index in [4.69, 9.17) is 25.6 Å². The van der Waals surface area contributed by atoms with E-state index in [1.165, 1.54) is 0 Å². The van der Waals surface area contributed by atoms with Crippen molar-refractivity contribution in [2.75, 3.05) is 26.8 Å². The number of aryl methyl sites for hydroxylation is 1. The van der Waals surface area contributed by atoms with Crippen LogP contribution in [0.5, 0.6) is 0 Å². The lowest BCUT2D eigenvalue weighted by Gasteiger charge is -2.33. The number of aromatic nitrogens is 2. The second kappa shape index (κ2) is 12.5. The summed E-state index contributed by atoms with van der Waals surface area (Å²) in [4.78, 5) is 32.3. The van der Waals surface area contributed by atoms with Gasteiger partial charge in [0.15, 0.2) is 5.76 Å². The molecule has 3 heterocycles. The second-order valence-corrected chi connectivity index (χ2v) is 10.5. The third-order valence-corrected chi connectivity index (χ3v) is 7.56. The SMILES string of the molecule is COCCCn1c([C@@H]2CCCN(C(=O)C[C@@H](N)Cc3cc(-c4ccccc4)oc3C(N)=O)C2)nc2ccccc21. The van der Waals surface area contributed by atoms with Crippen LogP contribution in [0.15, 0.2) is 65.1 Å². The van der Waals surface area contributed by atoms with E-state index in [-0.39, 0.29) is 24.0 Å². The number of hydrogen-bond donors (Lipinski definition) is 2. The first-order valence-electron chi connectivity index (χ1n) is 13.9. The minimum absolute atomic E-state index is 0.00615. The Labute approximate surface area is 234 Å². The molecule has 5 rings (SSSR count). The lowest BCUT2D eigenvalue weighted by Crippen LogP contribution is -2.42. The number of imidazole rings is 1. The van der Waals surface area contributed by atoms with Crippen LogP contribution in [0.2, 0.25) is 0 Å². The number of methoxy groups -OCH3 is 1. The molecule has 1 aliphatic rings. The summed E-state index contributed by atoms with van der Waals surface area (Å²) in [5, 5.41) is 0. The molecule has 4 aromatic rings. The fraction of sp³-hybridized carbons (Fsp3) is 0.387. The first-order valence-corrected chi connectivity index (χ1v) is 13.9. The smallest absolute Gasteiger partial charge is 0.284 e. The predicted octanol–water partition coefficient (Wildman–Crippen LogP) is 4.10. The number of hydrogen-bond acceptors (Lipinski definition) is 6. The number of carbonyl (C=O) groups excluding carboxylic acids is 2. The van der Waals surface area contributed by atoms with Crippen LogP contribution in [-0.4, -0.2) is 59.1 Å². The van der Waals surface area contributed by atoms with Crippen LogP contribution in [0.1, 0.15) is 53.5 Å². The van der Waals surface area contributed by atoms with Crippen LogP contribution in [0.25, 0.3) is 22.4 Å². The van der Waals surface area contributed by atoms with Crippen LogP contribution in [0, 0.1) is 0 Å². The number of para-hydroxylation sites is 2. The van der Waals surface area contributed by atoms with Gasteiger partial charge in [-0.05, 0) is 43.9 Å². The number of amides is 2. The molecule has 2 aromatic carbocycles. The van der Waals surface area contributed by atoms with Gasteiger partial charge in [-0.25, -0.2) is 4.98 Å². The lowest BCUT2D eigenvalue weighted by atomic mass is 9.96. The van der Waals surface area contributed by atoms with Gasteiger partial charge < -0.3 is 30.1 Å². The van der Waals surface area contributed by atoms with E-state index in [0.29, 0.717) is 37.4 Å². The Balaban J connectivity index is 1.27. The highest BCUT2D eigenvalue weighted by atomic mass is 16.5. The van der Waals surface area contributed by atoms with Gasteiger partial charge in [0.25, 0.3) is 5.91 Å². The normalized spacial score (nSPS) is 16.4. The number of benzene rings is 2. The van der Waals surface area contributed by atoms with Crippen molar-refractivity contribution >= 4 is 22.8 Å². The largest absolute Gasteiger partial charge is 0.451 e. The van der Waals surface area contributed by atoms with Crippen LogP contribution in [0.3, 0.4) is 0 Å². The fourth-order valence-electron chi connectivity index (χ4n) is 5.66. The highest BCUT2D eigenvalue weighted by Crippen LogP contribution is 2.31. The number of likely N-dealkylation sites (tertiary alicyclic amines) is 1. The average Bonchev–Trinajstić information content (AvgIpc) is 3.56. The quantitative estimate of drug-likeness (QED) is 0.274. The molecular formula is C31H37N5O4. The predicted molar refractivity (Wildman–Crippen MR) is 154 cm³/mol. The van der Waals surface area contributed by atoms with Gasteiger partial charge in [0.1, 0.15) is 11.6 Å². The van der Waals surface area contributed by atoms with Gasteiger partial charge in [0.2, 0.25) is 5.91 Å². The molecule has 0 unspecified atom stereocenters. The van der Waals surface area contributed by atoms with Gasteiger partial charge in [-0.2, -0.15) is 0 Å². The summed E-state index contributed by atoms with van der Waals surface area (Å²) in [7, 11) is 1.71. The molecule has 1 saturated heterocycles. The number of ether oxygens (including phenoxy) is 1. The molecule has 9 nitrogen and oxygen atoms in total. The maximum absolute atomic E-state index is 13.4. The van der Waals surface area contributed by atoms with Gasteiger partial charge in [-0.15, -0.1) is 0 Å². The third kappa shape index (κ3) is 6.11. The van der Waals surface area contributed by atoms with E-state index in [9.17, 15) is 9.59 Å². The van der Waals surface area contributed by atoms with E-state index < -0.39 is 11.9 Å². The van der Waals surface area contributed by atoms with Crippen molar-refractivity contribution in [2.24, 2.45) is 11.5 Å². The number of carbonyl (C=O) groups is 2. The number of nitrogens with zero attached hydrogens (tertiary/aromatic N) is 3. The molecule has 0 aliphatic carbocycles. The van der Waals surface area contributed by atoms with Crippen LogP contribution >= 0.6 is 0 Å². The van der Waals surface area contributed by atoms with Crippen molar-refractivity contribution in [1.29, 1.82) is 0 Å². The summed E-state index contributed by atoms with van der Waals surface area (Å²) in [6, 6.07) is 19.0. The molecule has 2 amide bonds. The summed E-state index contributed by atoms with van der Waals surface area (Å²) in [6.45, 7) is 2.80. The highest BCUT2D eigenvalue weighted by Gasteiger charge is 2.30. The standard InChI is InChI=1S/C31H37N5O4/c1-39-16-8-15-36-26-13-6-5-12-25(26)34-31(36)22-11-7-14-35(20-22)28(37)19-24(32)17-23-18-27(40-29(23)30(33)38)21-9-3-2-4-10-21/h2-6,9-10,12-13,18,22,24H,7-8,11,14-17,19-20,32H2,1H3,(H2,33,38)/t22-,24+/m1/s1. The molecule has 0 radical (unpaired) electrons. The molecule has 9 heteroatoms. The number of piperidine rings is 1. The zero-order valence-electron chi connectivity index (χ0n) is 22.9. The van der Waals surface area contributed by atoms with Crippen molar-refractivity contribution in [2.45, 2.75) is 50.6 Å². The topological polar surface area (TPSA) is 130 Å². The third-order valence-electron chi connectivity index (χ3n) is 7.56. The molecule has 4 N–H and O–H groups in total. The van der Waals surface area contributed by atoms with E-state index in [2.05, 4.69) is 10.6 Å². The van der Waals surface area contributed by atoms with Crippen molar-refractivity contribution in [3.63, 3.8) is 0 Å². The Hall–Kier alpha value is -3.95.